The Balaban J connectivity index is 2.01. The number of rotatable bonds is 5. The standard InChI is InChI=1S/C16H24N2O/c1-4-12(3)11-18(5-2)16(19)15-10-13-8-6-7-9-14(13)17-15/h6-9,12,15,17H,4-5,10-11H2,1-3H3. The lowest BCUT2D eigenvalue weighted by atomic mass is 10.1. The van der Waals surface area contributed by atoms with Gasteiger partial charge < -0.3 is 10.2 Å². The lowest BCUT2D eigenvalue weighted by Gasteiger charge is -2.27. The van der Waals surface area contributed by atoms with Crippen LogP contribution in [0.5, 0.6) is 0 Å². The van der Waals surface area contributed by atoms with Crippen LogP contribution in [-0.4, -0.2) is 29.9 Å². The average molecular weight is 260 g/mol. The molecule has 19 heavy (non-hydrogen) atoms. The minimum Gasteiger partial charge on any atom is -0.373 e. The zero-order valence-corrected chi connectivity index (χ0v) is 12.1. The number of amides is 1. The third kappa shape index (κ3) is 3.09. The van der Waals surface area contributed by atoms with Gasteiger partial charge in [-0.1, -0.05) is 38.5 Å². The van der Waals surface area contributed by atoms with Gasteiger partial charge >= 0.3 is 0 Å². The molecule has 1 amide bonds. The van der Waals surface area contributed by atoms with E-state index in [1.165, 1.54) is 5.56 Å². The minimum absolute atomic E-state index is 0.0820. The largest absolute Gasteiger partial charge is 0.373 e. The summed E-state index contributed by atoms with van der Waals surface area (Å²) in [6, 6.07) is 8.11. The van der Waals surface area contributed by atoms with E-state index in [4.69, 9.17) is 0 Å². The van der Waals surface area contributed by atoms with Gasteiger partial charge in [0.05, 0.1) is 0 Å². The molecule has 1 aliphatic heterocycles. The Labute approximate surface area is 116 Å². The van der Waals surface area contributed by atoms with Crippen LogP contribution in [0, 0.1) is 5.92 Å². The van der Waals surface area contributed by atoms with Gasteiger partial charge in [-0.25, -0.2) is 0 Å². The number of carbonyl (C=O) groups excluding carboxylic acids is 1. The summed E-state index contributed by atoms with van der Waals surface area (Å²) in [6.45, 7) is 8.08. The molecule has 1 aromatic rings. The Morgan fingerprint density at radius 1 is 1.42 bits per heavy atom. The highest BCUT2D eigenvalue weighted by molar-refractivity contribution is 5.87. The predicted octanol–water partition coefficient (Wildman–Crippen LogP) is 2.92. The molecule has 0 radical (unpaired) electrons. The molecule has 1 aliphatic rings. The molecular formula is C16H24N2O. The summed E-state index contributed by atoms with van der Waals surface area (Å²) in [5, 5.41) is 3.35. The van der Waals surface area contributed by atoms with Crippen LogP contribution >= 0.6 is 0 Å². The van der Waals surface area contributed by atoms with Crippen LogP contribution in [0.4, 0.5) is 5.69 Å². The molecule has 0 fully saturated rings. The normalized spacial score (nSPS) is 18.6. The molecule has 3 nitrogen and oxygen atoms in total. The Hall–Kier alpha value is -1.51. The molecule has 0 aliphatic carbocycles. The van der Waals surface area contributed by atoms with Crippen LogP contribution in [-0.2, 0) is 11.2 Å². The summed E-state index contributed by atoms with van der Waals surface area (Å²) in [7, 11) is 0. The van der Waals surface area contributed by atoms with Crippen molar-refractivity contribution in [3.63, 3.8) is 0 Å². The summed E-state index contributed by atoms with van der Waals surface area (Å²) in [4.78, 5) is 14.5. The van der Waals surface area contributed by atoms with Gasteiger partial charge in [-0.2, -0.15) is 0 Å². The number of nitrogens with zero attached hydrogens (tertiary/aromatic N) is 1. The maximum Gasteiger partial charge on any atom is 0.245 e. The van der Waals surface area contributed by atoms with Crippen molar-refractivity contribution >= 4 is 11.6 Å². The molecule has 2 atom stereocenters. The Kier molecular flexibility index (Phi) is 4.46. The van der Waals surface area contributed by atoms with E-state index in [1.54, 1.807) is 0 Å². The molecule has 0 bridgehead atoms. The van der Waals surface area contributed by atoms with Crippen LogP contribution in [0.15, 0.2) is 24.3 Å². The van der Waals surface area contributed by atoms with Gasteiger partial charge in [-0.3, -0.25) is 4.79 Å². The SMILES string of the molecule is CCC(C)CN(CC)C(=O)C1Cc2ccccc2N1. The van der Waals surface area contributed by atoms with Crippen LogP contribution in [0.1, 0.15) is 32.8 Å². The van der Waals surface area contributed by atoms with Crippen molar-refractivity contribution in [1.82, 2.24) is 4.90 Å². The Morgan fingerprint density at radius 3 is 2.79 bits per heavy atom. The van der Waals surface area contributed by atoms with Crippen molar-refractivity contribution in [3.8, 4) is 0 Å². The van der Waals surface area contributed by atoms with Crippen molar-refractivity contribution in [2.75, 3.05) is 18.4 Å². The zero-order chi connectivity index (χ0) is 13.8. The first-order chi connectivity index (χ1) is 9.15. The van der Waals surface area contributed by atoms with E-state index in [1.807, 2.05) is 23.1 Å². The lowest BCUT2D eigenvalue weighted by Crippen LogP contribution is -2.43. The summed E-state index contributed by atoms with van der Waals surface area (Å²) >= 11 is 0. The fraction of sp³-hybridized carbons (Fsp3) is 0.562. The predicted molar refractivity (Wildman–Crippen MR) is 79.3 cm³/mol. The number of hydrogen-bond acceptors (Lipinski definition) is 2. The van der Waals surface area contributed by atoms with Crippen molar-refractivity contribution in [3.05, 3.63) is 29.8 Å². The topological polar surface area (TPSA) is 32.3 Å². The van der Waals surface area contributed by atoms with Crippen molar-refractivity contribution in [1.29, 1.82) is 0 Å². The number of nitrogens with one attached hydrogen (secondary N) is 1. The second kappa shape index (κ2) is 6.09. The molecule has 1 aromatic carbocycles. The highest BCUT2D eigenvalue weighted by Crippen LogP contribution is 2.26. The molecule has 104 valence electrons. The highest BCUT2D eigenvalue weighted by atomic mass is 16.2. The van der Waals surface area contributed by atoms with E-state index in [0.29, 0.717) is 5.92 Å². The smallest absolute Gasteiger partial charge is 0.245 e. The molecule has 0 spiro atoms. The van der Waals surface area contributed by atoms with E-state index >= 15 is 0 Å². The maximum absolute atomic E-state index is 12.6. The Morgan fingerprint density at radius 2 is 2.16 bits per heavy atom. The summed E-state index contributed by atoms with van der Waals surface area (Å²) < 4.78 is 0. The first-order valence-corrected chi connectivity index (χ1v) is 7.28. The average Bonchev–Trinajstić information content (AvgIpc) is 2.87. The van der Waals surface area contributed by atoms with E-state index < -0.39 is 0 Å². The molecule has 1 heterocycles. The molecular weight excluding hydrogens is 236 g/mol. The van der Waals surface area contributed by atoms with Gasteiger partial charge in [0.25, 0.3) is 0 Å². The third-order valence-electron chi connectivity index (χ3n) is 3.99. The van der Waals surface area contributed by atoms with Crippen LogP contribution < -0.4 is 5.32 Å². The highest BCUT2D eigenvalue weighted by Gasteiger charge is 2.29. The minimum atomic E-state index is -0.0820. The van der Waals surface area contributed by atoms with E-state index in [9.17, 15) is 4.79 Å². The van der Waals surface area contributed by atoms with Gasteiger partial charge in [-0.05, 0) is 24.5 Å². The number of hydrogen-bond donors (Lipinski definition) is 1. The summed E-state index contributed by atoms with van der Waals surface area (Å²) in [5.41, 5.74) is 2.36. The zero-order valence-electron chi connectivity index (χ0n) is 12.1. The molecule has 0 aromatic heterocycles. The van der Waals surface area contributed by atoms with Gasteiger partial charge in [0.15, 0.2) is 0 Å². The molecule has 0 saturated heterocycles. The van der Waals surface area contributed by atoms with Gasteiger partial charge in [-0.15, -0.1) is 0 Å². The van der Waals surface area contributed by atoms with Crippen molar-refractivity contribution < 1.29 is 4.79 Å². The number of carbonyl (C=O) groups is 1. The van der Waals surface area contributed by atoms with Crippen LogP contribution in [0.2, 0.25) is 0 Å². The molecule has 0 saturated carbocycles. The van der Waals surface area contributed by atoms with Gasteiger partial charge in [0.1, 0.15) is 6.04 Å². The van der Waals surface area contributed by atoms with E-state index in [2.05, 4.69) is 32.2 Å². The summed E-state index contributed by atoms with van der Waals surface area (Å²) in [6.07, 6.45) is 1.92. The lowest BCUT2D eigenvalue weighted by molar-refractivity contribution is -0.132. The molecule has 1 N–H and O–H groups in total. The first-order valence-electron chi connectivity index (χ1n) is 7.28. The van der Waals surface area contributed by atoms with Crippen LogP contribution in [0.3, 0.4) is 0 Å². The maximum atomic E-state index is 12.6. The third-order valence-corrected chi connectivity index (χ3v) is 3.99. The second-order valence-corrected chi connectivity index (χ2v) is 5.45. The van der Waals surface area contributed by atoms with Gasteiger partial charge in [0.2, 0.25) is 5.91 Å². The quantitative estimate of drug-likeness (QED) is 0.883. The van der Waals surface area contributed by atoms with Gasteiger partial charge in [0, 0.05) is 25.2 Å². The Bertz CT molecular complexity index is 419. The second-order valence-electron chi connectivity index (χ2n) is 5.45. The number of likely N-dealkylation sites (N-methyl/N-ethyl adjacent to an activating group) is 1. The number of anilines is 1. The fourth-order valence-electron chi connectivity index (χ4n) is 2.55. The summed E-state index contributed by atoms with van der Waals surface area (Å²) in [5.74, 6) is 0.798. The van der Waals surface area contributed by atoms with Crippen LogP contribution in [0.25, 0.3) is 0 Å². The van der Waals surface area contributed by atoms with Crippen molar-refractivity contribution in [2.45, 2.75) is 39.7 Å². The number of benzene rings is 1. The molecule has 2 rings (SSSR count). The molecule has 3 heteroatoms. The molecule has 2 unspecified atom stereocenters. The first kappa shape index (κ1) is 13.9. The fourth-order valence-corrected chi connectivity index (χ4v) is 2.55. The van der Waals surface area contributed by atoms with E-state index in [0.717, 1.165) is 31.6 Å². The number of fused-ring (bicyclic) bond motifs is 1. The van der Waals surface area contributed by atoms with Crippen molar-refractivity contribution in [2.24, 2.45) is 5.92 Å². The monoisotopic (exact) mass is 260 g/mol. The number of para-hydroxylation sites is 1. The van der Waals surface area contributed by atoms with E-state index in [-0.39, 0.29) is 11.9 Å².